The Bertz CT molecular complexity index is 748. The van der Waals surface area contributed by atoms with Gasteiger partial charge >= 0.3 is 23.0 Å². The van der Waals surface area contributed by atoms with Crippen LogP contribution in [-0.2, 0) is 10.4 Å². The fourth-order valence-electron chi connectivity index (χ4n) is 1.29. The van der Waals surface area contributed by atoms with Gasteiger partial charge in [-0.05, 0) is 13.8 Å². The van der Waals surface area contributed by atoms with Crippen molar-refractivity contribution in [2.75, 3.05) is 11.5 Å². The van der Waals surface area contributed by atoms with E-state index in [1.165, 1.54) is 12.1 Å². The van der Waals surface area contributed by atoms with Crippen LogP contribution in [0.3, 0.4) is 0 Å². The highest BCUT2D eigenvalue weighted by Gasteiger charge is 1.95. The van der Waals surface area contributed by atoms with Crippen LogP contribution < -0.4 is 32.6 Å². The molecule has 0 atom stereocenters. The SMILES string of the molecule is Cc1cc(=O)[nH]c(N)[nH+]1.Cc1cc(=O)[nH]c(N)[nH+]1.O.O=S(=O)([O-])[O-]. The maximum atomic E-state index is 10.6. The fraction of sp³-hybridized carbons (Fsp3) is 0.200. The lowest BCUT2D eigenvalue weighted by atomic mass is 10.5. The standard InChI is InChI=1S/2C5H7N3O.H2O4S.H2O/c2*1-3-2-4(9)8-5(6)7-3;1-5(2,3)4;/h2*2H,1H3,(H3,6,7,8,9);(H2,1,2,3,4);1H2. The van der Waals surface area contributed by atoms with Crippen molar-refractivity contribution in [3.8, 4) is 0 Å². The van der Waals surface area contributed by atoms with Crippen molar-refractivity contribution in [2.45, 2.75) is 13.8 Å². The Labute approximate surface area is 135 Å². The third kappa shape index (κ3) is 14.1. The molecular formula is C10H18N6O7S. The first-order valence-electron chi connectivity index (χ1n) is 5.81. The minimum Gasteiger partial charge on any atom is -0.759 e. The number of nitrogens with two attached hydrogens (primary N) is 2. The predicted molar refractivity (Wildman–Crippen MR) is 79.6 cm³/mol. The molecule has 0 spiro atoms. The Morgan fingerprint density at radius 1 is 0.917 bits per heavy atom. The second-order valence-corrected chi connectivity index (χ2v) is 4.94. The van der Waals surface area contributed by atoms with E-state index in [4.69, 9.17) is 29.0 Å². The fourth-order valence-corrected chi connectivity index (χ4v) is 1.29. The van der Waals surface area contributed by atoms with Gasteiger partial charge in [-0.15, -0.1) is 0 Å². The van der Waals surface area contributed by atoms with Crippen molar-refractivity contribution in [1.82, 2.24) is 9.97 Å². The molecule has 0 aromatic carbocycles. The van der Waals surface area contributed by atoms with Crippen LogP contribution in [0.4, 0.5) is 11.9 Å². The largest absolute Gasteiger partial charge is 0.759 e. The number of hydrogen-bond donors (Lipinski definition) is 4. The number of anilines is 2. The zero-order valence-corrected chi connectivity index (χ0v) is 13.5. The summed E-state index contributed by atoms with van der Waals surface area (Å²) in [6.45, 7) is 3.54. The van der Waals surface area contributed by atoms with Crippen molar-refractivity contribution < 1.29 is 33.0 Å². The van der Waals surface area contributed by atoms with Crippen molar-refractivity contribution in [2.24, 2.45) is 0 Å². The lowest BCUT2D eigenvalue weighted by molar-refractivity contribution is -0.375. The molecule has 0 aliphatic rings. The number of rotatable bonds is 0. The lowest BCUT2D eigenvalue weighted by Crippen LogP contribution is -2.22. The zero-order valence-electron chi connectivity index (χ0n) is 12.7. The first-order valence-corrected chi connectivity index (χ1v) is 7.14. The van der Waals surface area contributed by atoms with Crippen LogP contribution in [-0.4, -0.2) is 33.0 Å². The molecule has 0 unspecified atom stereocenters. The second-order valence-electron chi connectivity index (χ2n) is 4.12. The Hall–Kier alpha value is -2.81. The summed E-state index contributed by atoms with van der Waals surface area (Å²) in [4.78, 5) is 31.3. The van der Waals surface area contributed by atoms with E-state index >= 15 is 0 Å². The molecular weight excluding hydrogens is 348 g/mol. The summed E-state index contributed by atoms with van der Waals surface area (Å²) >= 11 is 0. The molecule has 0 saturated carbocycles. The summed E-state index contributed by atoms with van der Waals surface area (Å²) in [6.07, 6.45) is 0. The first-order chi connectivity index (χ1) is 10.4. The van der Waals surface area contributed by atoms with Gasteiger partial charge in [-0.3, -0.25) is 29.5 Å². The van der Waals surface area contributed by atoms with Crippen LogP contribution in [0, 0.1) is 13.8 Å². The molecule has 0 radical (unpaired) electrons. The Balaban J connectivity index is 0. The topological polar surface area (TPSA) is 258 Å². The van der Waals surface area contributed by atoms with Gasteiger partial charge in [0.05, 0.1) is 23.5 Å². The third-order valence-electron chi connectivity index (χ3n) is 1.87. The van der Waals surface area contributed by atoms with Crippen LogP contribution in [0.2, 0.25) is 0 Å². The van der Waals surface area contributed by atoms with Crippen molar-refractivity contribution >= 4 is 22.3 Å². The van der Waals surface area contributed by atoms with Gasteiger partial charge in [0, 0.05) is 10.4 Å². The molecule has 2 aromatic rings. The van der Waals surface area contributed by atoms with Gasteiger partial charge in [0.25, 0.3) is 0 Å². The maximum Gasteiger partial charge on any atom is 0.353 e. The highest BCUT2D eigenvalue weighted by Crippen LogP contribution is 1.79. The van der Waals surface area contributed by atoms with Crippen molar-refractivity contribution in [3.05, 3.63) is 44.2 Å². The summed E-state index contributed by atoms with van der Waals surface area (Å²) in [7, 11) is -5.17. The number of aryl methyl sites for hydroxylation is 2. The summed E-state index contributed by atoms with van der Waals surface area (Å²) in [5, 5.41) is 0. The number of hydrogen-bond acceptors (Lipinski definition) is 8. The molecule has 136 valence electrons. The van der Waals surface area contributed by atoms with Gasteiger partial charge in [-0.2, -0.15) is 0 Å². The summed E-state index contributed by atoms with van der Waals surface area (Å²) in [6, 6.07) is 2.88. The van der Waals surface area contributed by atoms with Crippen LogP contribution in [0.15, 0.2) is 21.7 Å². The predicted octanol–water partition coefficient (Wildman–Crippen LogP) is -4.00. The Morgan fingerprint density at radius 2 is 1.17 bits per heavy atom. The number of nitrogens with one attached hydrogen (secondary N) is 4. The summed E-state index contributed by atoms with van der Waals surface area (Å²) in [5.74, 6) is 0.583. The molecule has 0 fully saturated rings. The average molecular weight is 366 g/mol. The number of H-pyrrole nitrogens is 4. The number of aromatic amines is 4. The highest BCUT2D eigenvalue weighted by atomic mass is 32.3. The number of nitrogen functional groups attached to an aromatic ring is 2. The van der Waals surface area contributed by atoms with Gasteiger partial charge in [0.15, 0.2) is 0 Å². The van der Waals surface area contributed by atoms with Gasteiger partial charge in [-0.25, -0.2) is 19.9 Å². The molecule has 0 aliphatic carbocycles. The molecule has 0 amide bonds. The van der Waals surface area contributed by atoms with Gasteiger partial charge in [-0.1, -0.05) is 0 Å². The highest BCUT2D eigenvalue weighted by molar-refractivity contribution is 7.79. The molecule has 2 rings (SSSR count). The normalized spacial score (nSPS) is 9.50. The van der Waals surface area contributed by atoms with Gasteiger partial charge in [0.1, 0.15) is 0 Å². The van der Waals surface area contributed by atoms with Crippen LogP contribution in [0.1, 0.15) is 11.4 Å². The smallest absolute Gasteiger partial charge is 0.353 e. The molecule has 10 N–H and O–H groups in total. The van der Waals surface area contributed by atoms with Crippen molar-refractivity contribution in [3.63, 3.8) is 0 Å². The average Bonchev–Trinajstić information content (AvgIpc) is 2.22. The van der Waals surface area contributed by atoms with E-state index in [2.05, 4.69) is 19.9 Å². The quantitative estimate of drug-likeness (QED) is 0.263. The summed E-state index contributed by atoms with van der Waals surface area (Å²) < 4.78 is 34.1. The lowest BCUT2D eigenvalue weighted by Gasteiger charge is -2.06. The van der Waals surface area contributed by atoms with E-state index in [0.717, 1.165) is 11.4 Å². The van der Waals surface area contributed by atoms with Crippen LogP contribution in [0.25, 0.3) is 0 Å². The molecule has 0 bridgehead atoms. The Morgan fingerprint density at radius 3 is 1.33 bits per heavy atom. The second kappa shape index (κ2) is 10.1. The van der Waals surface area contributed by atoms with E-state index in [-0.39, 0.29) is 16.6 Å². The van der Waals surface area contributed by atoms with Crippen LogP contribution >= 0.6 is 0 Å². The maximum absolute atomic E-state index is 10.6. The molecule has 2 heterocycles. The third-order valence-corrected chi connectivity index (χ3v) is 1.87. The van der Waals surface area contributed by atoms with Crippen molar-refractivity contribution in [1.29, 1.82) is 0 Å². The van der Waals surface area contributed by atoms with Gasteiger partial charge in [0.2, 0.25) is 0 Å². The number of aromatic nitrogens is 4. The van der Waals surface area contributed by atoms with E-state index in [9.17, 15) is 9.59 Å². The molecule has 24 heavy (non-hydrogen) atoms. The molecule has 0 aliphatic heterocycles. The summed E-state index contributed by atoms with van der Waals surface area (Å²) in [5.41, 5.74) is 11.7. The van der Waals surface area contributed by atoms with E-state index in [1.54, 1.807) is 13.8 Å². The van der Waals surface area contributed by atoms with E-state index in [0.29, 0.717) is 11.9 Å². The molecule has 14 heteroatoms. The van der Waals surface area contributed by atoms with Gasteiger partial charge < -0.3 is 14.6 Å². The first kappa shape index (κ1) is 23.5. The Kier molecular flexibility index (Phi) is 9.83. The minimum absolute atomic E-state index is 0. The van der Waals surface area contributed by atoms with Crippen LogP contribution in [0.5, 0.6) is 0 Å². The molecule has 0 saturated heterocycles. The molecule has 13 nitrogen and oxygen atoms in total. The molecule has 2 aromatic heterocycles. The monoisotopic (exact) mass is 366 g/mol. The zero-order chi connectivity index (χ0) is 18.2. The van der Waals surface area contributed by atoms with E-state index in [1.807, 2.05) is 0 Å². The van der Waals surface area contributed by atoms with E-state index < -0.39 is 10.4 Å². The minimum atomic E-state index is -5.17.